The molecule has 47 heavy (non-hydrogen) atoms. The zero-order valence-corrected chi connectivity index (χ0v) is 27.7. The predicted octanol–water partition coefficient (Wildman–Crippen LogP) is 5.64. The second-order valence-electron chi connectivity index (χ2n) is 10.2. The zero-order valence-electron chi connectivity index (χ0n) is 25.9. The summed E-state index contributed by atoms with van der Waals surface area (Å²) in [5.41, 5.74) is 21.3. The summed E-state index contributed by atoms with van der Waals surface area (Å²) in [6.07, 6.45) is 30.8. The lowest BCUT2D eigenvalue weighted by atomic mass is 9.83. The molecule has 0 saturated heterocycles. The van der Waals surface area contributed by atoms with E-state index in [4.69, 9.17) is 25.7 Å². The molecule has 0 aliphatic heterocycles. The van der Waals surface area contributed by atoms with Crippen molar-refractivity contribution < 1.29 is 0 Å². The highest BCUT2D eigenvalue weighted by atomic mass is 31.1. The highest BCUT2D eigenvalue weighted by Crippen LogP contribution is 2.40. The minimum Gasteiger partial charge on any atom is -0.106 e. The van der Waals surface area contributed by atoms with Crippen LogP contribution in [0.4, 0.5) is 0 Å². The Morgan fingerprint density at radius 2 is 0.766 bits per heavy atom. The largest absolute Gasteiger partial charge is 0.106 e. The van der Waals surface area contributed by atoms with Gasteiger partial charge in [0.2, 0.25) is 0 Å². The molecule has 0 heterocycles. The van der Waals surface area contributed by atoms with Crippen molar-refractivity contribution in [3.05, 3.63) is 57.6 Å². The fourth-order valence-corrected chi connectivity index (χ4v) is 8.36. The van der Waals surface area contributed by atoms with E-state index in [2.05, 4.69) is 142 Å². The zero-order chi connectivity index (χ0) is 33.1. The predicted molar refractivity (Wildman–Crippen MR) is 200 cm³/mol. The molecular formula is C45H26P2. The van der Waals surface area contributed by atoms with Gasteiger partial charge in [0.1, 0.15) is 0 Å². The summed E-state index contributed by atoms with van der Waals surface area (Å²) in [6.45, 7) is 0. The Balaban J connectivity index is 2.00. The van der Waals surface area contributed by atoms with E-state index in [0.717, 1.165) is 49.1 Å². The Morgan fingerprint density at radius 3 is 1.11 bits per heavy atom. The van der Waals surface area contributed by atoms with E-state index < -0.39 is 15.8 Å². The van der Waals surface area contributed by atoms with E-state index in [9.17, 15) is 0 Å². The van der Waals surface area contributed by atoms with Crippen LogP contribution in [0.25, 0.3) is 0 Å². The average molecular weight is 629 g/mol. The molecule has 0 spiro atoms. The van der Waals surface area contributed by atoms with Crippen LogP contribution in [0.1, 0.15) is 59.1 Å². The highest BCUT2D eigenvalue weighted by Gasteiger charge is 2.25. The third-order valence-electron chi connectivity index (χ3n) is 7.55. The Morgan fingerprint density at radius 1 is 0.426 bits per heavy atom. The van der Waals surface area contributed by atoms with E-state index in [-0.39, 0.29) is 0 Å². The lowest BCUT2D eigenvalue weighted by Gasteiger charge is -2.27. The standard InChI is InChI=1S/C45H26P2/c1-5-9-13-21-33-46(34-22-14-10-6-2)44-31-29-38-25-17-19-27-40(38)42(44)37-43-41-28-20-18-26-39(41)30-32-45(43)47(35-23-15-11-7-3)36-24-16-12-8-4/h1-4,29-32H,17-20,25-28,37H2. The van der Waals surface area contributed by atoms with Gasteiger partial charge in [-0.3, -0.25) is 0 Å². The van der Waals surface area contributed by atoms with Crippen LogP contribution < -0.4 is 10.6 Å². The second kappa shape index (κ2) is 18.7. The molecule has 0 nitrogen and oxygen atoms in total. The number of hydrogen-bond acceptors (Lipinski definition) is 0. The summed E-state index contributed by atoms with van der Waals surface area (Å²) in [5.74, 6) is 42.4. The summed E-state index contributed by atoms with van der Waals surface area (Å²) in [7, 11) is -2.55. The number of hydrogen-bond donors (Lipinski definition) is 0. The molecule has 0 radical (unpaired) electrons. The lowest BCUT2D eigenvalue weighted by Crippen LogP contribution is -2.22. The van der Waals surface area contributed by atoms with Gasteiger partial charge in [0.15, 0.2) is 0 Å². The van der Waals surface area contributed by atoms with Gasteiger partial charge in [-0.05, 0) is 209 Å². The van der Waals surface area contributed by atoms with Crippen molar-refractivity contribution in [2.24, 2.45) is 0 Å². The Bertz CT molecular complexity index is 2010. The smallest absolute Gasteiger partial charge is 0.0835 e. The van der Waals surface area contributed by atoms with E-state index in [1.165, 1.54) is 46.2 Å². The molecule has 2 aliphatic rings. The molecule has 216 valence electrons. The van der Waals surface area contributed by atoms with Crippen molar-refractivity contribution in [3.8, 4) is 143 Å². The molecule has 0 amide bonds. The maximum Gasteiger partial charge on any atom is 0.0835 e. The molecule has 0 aromatic heterocycles. The molecular weight excluding hydrogens is 602 g/mol. The van der Waals surface area contributed by atoms with Crippen LogP contribution in [0.3, 0.4) is 0 Å². The molecule has 0 fully saturated rings. The van der Waals surface area contributed by atoms with Crippen molar-refractivity contribution in [1.29, 1.82) is 0 Å². The van der Waals surface area contributed by atoms with Crippen LogP contribution >= 0.6 is 15.8 Å². The van der Waals surface area contributed by atoms with E-state index >= 15 is 0 Å². The van der Waals surface area contributed by atoms with Gasteiger partial charge < -0.3 is 0 Å². The molecule has 0 bridgehead atoms. The van der Waals surface area contributed by atoms with Gasteiger partial charge in [-0.1, -0.05) is 24.3 Å². The monoisotopic (exact) mass is 628 g/mol. The summed E-state index contributed by atoms with van der Waals surface area (Å²) >= 11 is 0. The molecule has 2 heteroatoms. The molecule has 4 rings (SSSR count). The number of aryl methyl sites for hydroxylation is 2. The Labute approximate surface area is 284 Å². The molecule has 2 aromatic rings. The first-order valence-corrected chi connectivity index (χ1v) is 17.6. The van der Waals surface area contributed by atoms with E-state index in [0.29, 0.717) is 6.42 Å². The van der Waals surface area contributed by atoms with Crippen molar-refractivity contribution in [2.45, 2.75) is 57.8 Å². The van der Waals surface area contributed by atoms with E-state index in [1.807, 2.05) is 0 Å². The van der Waals surface area contributed by atoms with Gasteiger partial charge in [-0.2, -0.15) is 0 Å². The molecule has 0 saturated carbocycles. The molecule has 0 unspecified atom stereocenters. The van der Waals surface area contributed by atoms with Gasteiger partial charge in [0.25, 0.3) is 0 Å². The summed E-state index contributed by atoms with van der Waals surface area (Å²) < 4.78 is 0. The SMILES string of the molecule is C#CC#CC#CP(C#CC#CC#C)c1ccc2c(c1Cc1c(P(C#CC#CC#C)C#CC#CC#C)ccc3c1CCCC3)CCCC2. The molecule has 0 atom stereocenters. The van der Waals surface area contributed by atoms with Gasteiger partial charge in [-0.15, -0.1) is 25.7 Å². The van der Waals surface area contributed by atoms with Gasteiger partial charge in [0, 0.05) is 10.6 Å². The summed E-state index contributed by atoms with van der Waals surface area (Å²) in [4.78, 5) is 0. The first kappa shape index (κ1) is 33.9. The number of rotatable bonds is 4. The summed E-state index contributed by atoms with van der Waals surface area (Å²) in [5, 5.41) is 2.21. The first-order chi connectivity index (χ1) is 23.2. The number of fused-ring (bicyclic) bond motifs is 2. The third kappa shape index (κ3) is 9.50. The topological polar surface area (TPSA) is 0 Å². The van der Waals surface area contributed by atoms with Crippen LogP contribution in [0.15, 0.2) is 24.3 Å². The van der Waals surface area contributed by atoms with Gasteiger partial charge in [0.05, 0.1) is 15.8 Å². The normalized spacial score (nSPS) is 11.0. The van der Waals surface area contributed by atoms with Crippen LogP contribution in [0.2, 0.25) is 0 Å². The number of benzene rings is 2. The quantitative estimate of drug-likeness (QED) is 0.304. The van der Waals surface area contributed by atoms with Crippen molar-refractivity contribution >= 4 is 26.5 Å². The maximum atomic E-state index is 5.34. The highest BCUT2D eigenvalue weighted by molar-refractivity contribution is 7.75. The fraction of sp³-hybridized carbons (Fsp3) is 0.200. The molecule has 0 N–H and O–H groups in total. The van der Waals surface area contributed by atoms with E-state index in [1.54, 1.807) is 0 Å². The maximum absolute atomic E-state index is 5.34. The second-order valence-corrected chi connectivity index (χ2v) is 13.4. The van der Waals surface area contributed by atoms with Crippen LogP contribution in [-0.4, -0.2) is 0 Å². The Hall–Kier alpha value is -5.98. The van der Waals surface area contributed by atoms with Crippen molar-refractivity contribution in [1.82, 2.24) is 0 Å². The number of terminal acetylenes is 4. The minimum absolute atomic E-state index is 0.708. The third-order valence-corrected chi connectivity index (χ3v) is 10.7. The van der Waals surface area contributed by atoms with Crippen LogP contribution in [0, 0.1) is 143 Å². The Kier molecular flexibility index (Phi) is 13.5. The summed E-state index contributed by atoms with van der Waals surface area (Å²) in [6, 6.07) is 8.87. The van der Waals surface area contributed by atoms with Gasteiger partial charge in [-0.25, -0.2) is 0 Å². The van der Waals surface area contributed by atoms with Crippen molar-refractivity contribution in [3.63, 3.8) is 0 Å². The van der Waals surface area contributed by atoms with Crippen LogP contribution in [0.5, 0.6) is 0 Å². The van der Waals surface area contributed by atoms with Gasteiger partial charge >= 0.3 is 0 Å². The minimum atomic E-state index is -1.27. The molecule has 2 aromatic carbocycles. The first-order valence-electron chi connectivity index (χ1n) is 14.9. The van der Waals surface area contributed by atoms with Crippen LogP contribution in [-0.2, 0) is 32.1 Å². The lowest BCUT2D eigenvalue weighted by molar-refractivity contribution is 0.675. The molecule has 2 aliphatic carbocycles. The average Bonchev–Trinajstić information content (AvgIpc) is 3.11. The fourth-order valence-electron chi connectivity index (χ4n) is 5.68. The van der Waals surface area contributed by atoms with Crippen molar-refractivity contribution in [2.75, 3.05) is 0 Å².